The normalized spacial score (nSPS) is 19.2. The largest absolute Gasteiger partial charge is 0.504 e. The van der Waals surface area contributed by atoms with Crippen LogP contribution in [0.1, 0.15) is 45.2 Å². The van der Waals surface area contributed by atoms with Gasteiger partial charge in [-0.2, -0.15) is 0 Å². The van der Waals surface area contributed by atoms with Gasteiger partial charge in [0.2, 0.25) is 0 Å². The molecule has 0 aliphatic heterocycles. The Kier molecular flexibility index (Phi) is 4.04. The topological polar surface area (TPSA) is 43.7 Å². The number of phenolic OH excluding ortho intramolecular Hbond substituents is 2. The van der Waals surface area contributed by atoms with Gasteiger partial charge in [0, 0.05) is 23.7 Å². The van der Waals surface area contributed by atoms with Gasteiger partial charge in [-0.3, -0.25) is 4.90 Å². The van der Waals surface area contributed by atoms with Crippen LogP contribution in [0.4, 0.5) is 0 Å². The van der Waals surface area contributed by atoms with Crippen molar-refractivity contribution in [2.75, 3.05) is 0 Å². The van der Waals surface area contributed by atoms with Crippen LogP contribution in [0.3, 0.4) is 0 Å². The summed E-state index contributed by atoms with van der Waals surface area (Å²) in [5.74, 6) is 0.0818. The Bertz CT molecular complexity index is 446. The molecule has 1 aliphatic carbocycles. The van der Waals surface area contributed by atoms with Gasteiger partial charge in [-0.15, -0.1) is 0 Å². The standard InChI is InChI=1S/C16H25NO2/c1-10(2)17(11(3)4)13-6-7-14-12(9-13)5-8-15(18)16(14)19/h5,8,10-11,13,18-19H,6-7,9H2,1-4H3. The van der Waals surface area contributed by atoms with Crippen molar-refractivity contribution in [1.29, 1.82) is 0 Å². The Hall–Kier alpha value is -1.22. The van der Waals surface area contributed by atoms with Crippen molar-refractivity contribution >= 4 is 0 Å². The van der Waals surface area contributed by atoms with Gasteiger partial charge >= 0.3 is 0 Å². The van der Waals surface area contributed by atoms with E-state index < -0.39 is 0 Å². The van der Waals surface area contributed by atoms with Crippen LogP contribution in [0.15, 0.2) is 12.1 Å². The summed E-state index contributed by atoms with van der Waals surface area (Å²) in [7, 11) is 0. The number of fused-ring (bicyclic) bond motifs is 1. The predicted octanol–water partition coefficient (Wildman–Crippen LogP) is 3.07. The van der Waals surface area contributed by atoms with E-state index in [1.54, 1.807) is 6.07 Å². The molecular formula is C16H25NO2. The van der Waals surface area contributed by atoms with Crippen LogP contribution in [0.5, 0.6) is 11.5 Å². The van der Waals surface area contributed by atoms with Gasteiger partial charge in [0.25, 0.3) is 0 Å². The van der Waals surface area contributed by atoms with Crippen LogP contribution < -0.4 is 0 Å². The number of nitrogens with zero attached hydrogens (tertiary/aromatic N) is 1. The van der Waals surface area contributed by atoms with Crippen molar-refractivity contribution in [2.24, 2.45) is 0 Å². The predicted molar refractivity (Wildman–Crippen MR) is 77.7 cm³/mol. The molecule has 0 spiro atoms. The van der Waals surface area contributed by atoms with Crippen LogP contribution >= 0.6 is 0 Å². The molecule has 3 nitrogen and oxygen atoms in total. The molecule has 0 fully saturated rings. The third-order valence-corrected chi connectivity index (χ3v) is 4.16. The van der Waals surface area contributed by atoms with Crippen molar-refractivity contribution in [1.82, 2.24) is 4.90 Å². The Morgan fingerprint density at radius 1 is 1.11 bits per heavy atom. The maximum absolute atomic E-state index is 9.92. The molecule has 106 valence electrons. The number of hydrogen-bond acceptors (Lipinski definition) is 3. The summed E-state index contributed by atoms with van der Waals surface area (Å²) in [5, 5.41) is 19.5. The Morgan fingerprint density at radius 3 is 2.32 bits per heavy atom. The number of hydrogen-bond donors (Lipinski definition) is 2. The summed E-state index contributed by atoms with van der Waals surface area (Å²) in [6, 6.07) is 5.13. The second-order valence-electron chi connectivity index (χ2n) is 6.10. The Balaban J connectivity index is 2.25. The summed E-state index contributed by atoms with van der Waals surface area (Å²) >= 11 is 0. The second-order valence-corrected chi connectivity index (χ2v) is 6.10. The van der Waals surface area contributed by atoms with Crippen molar-refractivity contribution in [3.63, 3.8) is 0 Å². The van der Waals surface area contributed by atoms with Gasteiger partial charge < -0.3 is 10.2 Å². The minimum absolute atomic E-state index is 0.00164. The van der Waals surface area contributed by atoms with Crippen molar-refractivity contribution < 1.29 is 10.2 Å². The zero-order chi connectivity index (χ0) is 14.2. The quantitative estimate of drug-likeness (QED) is 0.824. The average Bonchev–Trinajstić information content (AvgIpc) is 2.33. The summed E-state index contributed by atoms with van der Waals surface area (Å²) in [5.41, 5.74) is 2.11. The Labute approximate surface area is 115 Å². The fraction of sp³-hybridized carbons (Fsp3) is 0.625. The fourth-order valence-corrected chi connectivity index (χ4v) is 3.50. The maximum Gasteiger partial charge on any atom is 0.160 e. The first-order valence-corrected chi connectivity index (χ1v) is 7.22. The van der Waals surface area contributed by atoms with Gasteiger partial charge in [-0.1, -0.05) is 6.07 Å². The summed E-state index contributed by atoms with van der Waals surface area (Å²) in [4.78, 5) is 2.55. The molecule has 3 heteroatoms. The molecule has 0 amide bonds. The van der Waals surface area contributed by atoms with Crippen LogP contribution in [-0.4, -0.2) is 33.2 Å². The molecule has 0 radical (unpaired) electrons. The van der Waals surface area contributed by atoms with Crippen LogP contribution in [-0.2, 0) is 12.8 Å². The SMILES string of the molecule is CC(C)N(C(C)C)C1CCc2c(ccc(O)c2O)C1. The molecule has 1 atom stereocenters. The molecule has 1 aromatic carbocycles. The molecule has 0 aromatic heterocycles. The molecule has 0 bridgehead atoms. The van der Waals surface area contributed by atoms with Gasteiger partial charge in [-0.25, -0.2) is 0 Å². The lowest BCUT2D eigenvalue weighted by Crippen LogP contribution is -2.47. The van der Waals surface area contributed by atoms with E-state index in [0.717, 1.165) is 24.8 Å². The van der Waals surface area contributed by atoms with Crippen molar-refractivity contribution in [3.8, 4) is 11.5 Å². The monoisotopic (exact) mass is 263 g/mol. The zero-order valence-corrected chi connectivity index (χ0v) is 12.3. The zero-order valence-electron chi connectivity index (χ0n) is 12.3. The second kappa shape index (κ2) is 5.41. The maximum atomic E-state index is 9.92. The highest BCUT2D eigenvalue weighted by Crippen LogP contribution is 2.37. The molecule has 2 rings (SSSR count). The molecule has 1 aliphatic rings. The van der Waals surface area contributed by atoms with Crippen LogP contribution in [0.25, 0.3) is 0 Å². The minimum Gasteiger partial charge on any atom is -0.504 e. The van der Waals surface area contributed by atoms with E-state index in [-0.39, 0.29) is 11.5 Å². The smallest absolute Gasteiger partial charge is 0.160 e. The fourth-order valence-electron chi connectivity index (χ4n) is 3.50. The van der Waals surface area contributed by atoms with E-state index in [1.807, 2.05) is 6.07 Å². The first-order chi connectivity index (χ1) is 8.91. The summed E-state index contributed by atoms with van der Waals surface area (Å²) in [6.07, 6.45) is 2.84. The van der Waals surface area contributed by atoms with Gasteiger partial charge in [0.1, 0.15) is 0 Å². The molecule has 0 saturated carbocycles. The van der Waals surface area contributed by atoms with E-state index in [9.17, 15) is 10.2 Å². The molecule has 19 heavy (non-hydrogen) atoms. The molecule has 2 N–H and O–H groups in total. The third-order valence-electron chi connectivity index (χ3n) is 4.16. The molecule has 0 saturated heterocycles. The Morgan fingerprint density at radius 2 is 1.74 bits per heavy atom. The lowest BCUT2D eigenvalue weighted by atomic mass is 9.85. The molecule has 1 unspecified atom stereocenters. The minimum atomic E-state index is 0.00164. The first kappa shape index (κ1) is 14.2. The van der Waals surface area contributed by atoms with Crippen LogP contribution in [0, 0.1) is 0 Å². The van der Waals surface area contributed by atoms with E-state index >= 15 is 0 Å². The summed E-state index contributed by atoms with van der Waals surface area (Å²) in [6.45, 7) is 8.96. The number of phenols is 2. The van der Waals surface area contributed by atoms with E-state index in [1.165, 1.54) is 5.56 Å². The van der Waals surface area contributed by atoms with Gasteiger partial charge in [0.05, 0.1) is 0 Å². The highest BCUT2D eigenvalue weighted by molar-refractivity contribution is 5.50. The van der Waals surface area contributed by atoms with Crippen molar-refractivity contribution in [2.45, 2.75) is 65.1 Å². The number of rotatable bonds is 3. The molecule has 1 aromatic rings. The number of benzene rings is 1. The molecule has 0 heterocycles. The van der Waals surface area contributed by atoms with Crippen molar-refractivity contribution in [3.05, 3.63) is 23.3 Å². The highest BCUT2D eigenvalue weighted by Gasteiger charge is 2.29. The third kappa shape index (κ3) is 2.71. The van der Waals surface area contributed by atoms with Crippen LogP contribution in [0.2, 0.25) is 0 Å². The van der Waals surface area contributed by atoms with E-state index in [4.69, 9.17) is 0 Å². The molecular weight excluding hydrogens is 238 g/mol. The van der Waals surface area contributed by atoms with E-state index in [2.05, 4.69) is 32.6 Å². The van der Waals surface area contributed by atoms with Gasteiger partial charge in [-0.05, 0) is 58.6 Å². The first-order valence-electron chi connectivity index (χ1n) is 7.22. The lowest BCUT2D eigenvalue weighted by Gasteiger charge is -2.40. The number of aromatic hydroxyl groups is 2. The van der Waals surface area contributed by atoms with Gasteiger partial charge in [0.15, 0.2) is 11.5 Å². The van der Waals surface area contributed by atoms with E-state index in [0.29, 0.717) is 18.1 Å². The average molecular weight is 263 g/mol. The lowest BCUT2D eigenvalue weighted by molar-refractivity contribution is 0.102. The highest BCUT2D eigenvalue weighted by atomic mass is 16.3. The summed E-state index contributed by atoms with van der Waals surface area (Å²) < 4.78 is 0.